The molecule has 0 aliphatic carbocycles. The number of aryl methyl sites for hydroxylation is 2. The van der Waals surface area contributed by atoms with Crippen molar-refractivity contribution in [1.82, 2.24) is 10.2 Å². The molecule has 1 atom stereocenters. The number of likely N-dealkylation sites (tertiary alicyclic amines) is 1. The number of nitrogens with one attached hydrogen (secondary N) is 1. The highest BCUT2D eigenvalue weighted by atomic mass is 16.5. The van der Waals surface area contributed by atoms with Crippen LogP contribution in [0.3, 0.4) is 0 Å². The Balaban J connectivity index is 1.57. The molecule has 3 aliphatic heterocycles. The summed E-state index contributed by atoms with van der Waals surface area (Å²) < 4.78 is 5.78. The lowest BCUT2D eigenvalue weighted by atomic mass is 10.0. The second-order valence-electron chi connectivity index (χ2n) is 7.03. The van der Waals surface area contributed by atoms with Gasteiger partial charge in [-0.05, 0) is 31.0 Å². The highest BCUT2D eigenvalue weighted by Gasteiger charge is 2.42. The summed E-state index contributed by atoms with van der Waals surface area (Å²) in [5.41, 5.74) is 3.01. The van der Waals surface area contributed by atoms with Crippen molar-refractivity contribution in [3.05, 3.63) is 23.3 Å². The lowest BCUT2D eigenvalue weighted by Crippen LogP contribution is -2.57. The summed E-state index contributed by atoms with van der Waals surface area (Å²) in [6.45, 7) is 7.29. The zero-order chi connectivity index (χ0) is 16.8. The van der Waals surface area contributed by atoms with E-state index >= 15 is 0 Å². The second kappa shape index (κ2) is 5.77. The Hall–Kier alpha value is -2.08. The molecule has 4 rings (SSSR count). The van der Waals surface area contributed by atoms with E-state index in [9.17, 15) is 9.59 Å². The molecule has 2 amide bonds. The lowest BCUT2D eigenvalue weighted by Gasteiger charge is -2.36. The molecule has 1 unspecified atom stereocenters. The topological polar surface area (TPSA) is 61.9 Å². The minimum Gasteiger partial charge on any atom is -0.489 e. The predicted octanol–water partition coefficient (Wildman–Crippen LogP) is 0.849. The van der Waals surface area contributed by atoms with Gasteiger partial charge < -0.3 is 19.9 Å². The first-order chi connectivity index (χ1) is 11.5. The van der Waals surface area contributed by atoms with Crippen molar-refractivity contribution in [2.75, 3.05) is 37.7 Å². The summed E-state index contributed by atoms with van der Waals surface area (Å²) >= 11 is 0. The first kappa shape index (κ1) is 15.4. The van der Waals surface area contributed by atoms with Crippen LogP contribution >= 0.6 is 0 Å². The number of ether oxygens (including phenoxy) is 1. The summed E-state index contributed by atoms with van der Waals surface area (Å²) in [6, 6.07) is 4.33. The van der Waals surface area contributed by atoms with E-state index in [1.807, 2.05) is 29.7 Å². The molecule has 3 heterocycles. The van der Waals surface area contributed by atoms with Gasteiger partial charge in [0.15, 0.2) is 0 Å². The Morgan fingerprint density at radius 3 is 2.79 bits per heavy atom. The van der Waals surface area contributed by atoms with Crippen LogP contribution < -0.4 is 15.0 Å². The number of carbonyl (C=O) groups is 2. The Labute approximate surface area is 141 Å². The maximum Gasteiger partial charge on any atom is 0.232 e. The summed E-state index contributed by atoms with van der Waals surface area (Å²) in [6.07, 6.45) is 0.326. The molecule has 0 bridgehead atoms. The zero-order valence-electron chi connectivity index (χ0n) is 14.2. The smallest absolute Gasteiger partial charge is 0.232 e. The molecule has 6 nitrogen and oxygen atoms in total. The average Bonchev–Trinajstić information content (AvgIpc) is 2.86. The Morgan fingerprint density at radius 1 is 1.29 bits per heavy atom. The van der Waals surface area contributed by atoms with Gasteiger partial charge in [0.1, 0.15) is 12.4 Å². The number of benzene rings is 1. The SMILES string of the molecule is Cc1cc(C)c2c(c1)N(C(=O)C1CC(=O)N(C3CNC3)C1)CCO2. The molecular weight excluding hydrogens is 306 g/mol. The van der Waals surface area contributed by atoms with Crippen molar-refractivity contribution in [2.45, 2.75) is 26.3 Å². The van der Waals surface area contributed by atoms with Gasteiger partial charge >= 0.3 is 0 Å². The molecule has 6 heteroatoms. The molecular formula is C18H23N3O3. The number of hydrogen-bond acceptors (Lipinski definition) is 4. The van der Waals surface area contributed by atoms with Crippen molar-refractivity contribution in [2.24, 2.45) is 5.92 Å². The van der Waals surface area contributed by atoms with Gasteiger partial charge in [0.2, 0.25) is 11.8 Å². The summed E-state index contributed by atoms with van der Waals surface area (Å²) in [4.78, 5) is 29.0. The first-order valence-corrected chi connectivity index (χ1v) is 8.60. The van der Waals surface area contributed by atoms with Crippen LogP contribution in [-0.2, 0) is 9.59 Å². The maximum absolute atomic E-state index is 13.1. The zero-order valence-corrected chi connectivity index (χ0v) is 14.2. The van der Waals surface area contributed by atoms with Gasteiger partial charge in [-0.1, -0.05) is 6.07 Å². The Morgan fingerprint density at radius 2 is 2.08 bits per heavy atom. The van der Waals surface area contributed by atoms with Gasteiger partial charge in [0.25, 0.3) is 0 Å². The molecule has 2 saturated heterocycles. The highest BCUT2D eigenvalue weighted by Crippen LogP contribution is 2.37. The number of nitrogens with zero attached hydrogens (tertiary/aromatic N) is 2. The van der Waals surface area contributed by atoms with E-state index in [2.05, 4.69) is 11.4 Å². The first-order valence-electron chi connectivity index (χ1n) is 8.60. The van der Waals surface area contributed by atoms with Crippen LogP contribution in [0.2, 0.25) is 0 Å². The van der Waals surface area contributed by atoms with E-state index in [-0.39, 0.29) is 23.8 Å². The molecule has 1 N–H and O–H groups in total. The monoisotopic (exact) mass is 329 g/mol. The Kier molecular flexibility index (Phi) is 3.72. The quantitative estimate of drug-likeness (QED) is 0.874. The normalized spacial score (nSPS) is 23.8. The van der Waals surface area contributed by atoms with Gasteiger partial charge in [0.05, 0.1) is 24.2 Å². The molecule has 128 valence electrons. The van der Waals surface area contributed by atoms with E-state index in [0.29, 0.717) is 26.1 Å². The molecule has 0 aromatic heterocycles. The van der Waals surface area contributed by atoms with Crippen molar-refractivity contribution >= 4 is 17.5 Å². The molecule has 3 aliphatic rings. The molecule has 24 heavy (non-hydrogen) atoms. The van der Waals surface area contributed by atoms with Crippen LogP contribution in [0.4, 0.5) is 5.69 Å². The standard InChI is InChI=1S/C18H23N3O3/c1-11-5-12(2)17-15(6-11)20(3-4-24-17)18(23)13-7-16(22)21(10-13)14-8-19-9-14/h5-6,13-14,19H,3-4,7-10H2,1-2H3. The highest BCUT2D eigenvalue weighted by molar-refractivity contribution is 6.00. The van der Waals surface area contributed by atoms with Crippen LogP contribution in [0.15, 0.2) is 12.1 Å². The minimum absolute atomic E-state index is 0.0488. The molecule has 0 saturated carbocycles. The van der Waals surface area contributed by atoms with Crippen LogP contribution in [0, 0.1) is 19.8 Å². The fourth-order valence-electron chi connectivity index (χ4n) is 3.87. The summed E-state index contributed by atoms with van der Waals surface area (Å²) in [5.74, 6) is 0.705. The van der Waals surface area contributed by atoms with Gasteiger partial charge in [-0.25, -0.2) is 0 Å². The Bertz CT molecular complexity index is 699. The van der Waals surface area contributed by atoms with Crippen molar-refractivity contribution in [1.29, 1.82) is 0 Å². The third kappa shape index (κ3) is 2.45. The van der Waals surface area contributed by atoms with Crippen LogP contribution in [-0.4, -0.2) is 55.5 Å². The van der Waals surface area contributed by atoms with E-state index in [1.165, 1.54) is 0 Å². The molecule has 1 aromatic carbocycles. The van der Waals surface area contributed by atoms with Gasteiger partial charge in [-0.2, -0.15) is 0 Å². The fraction of sp³-hybridized carbons (Fsp3) is 0.556. The number of carbonyl (C=O) groups excluding carboxylic acids is 2. The molecule has 2 fully saturated rings. The summed E-state index contributed by atoms with van der Waals surface area (Å²) in [5, 5.41) is 3.19. The number of amides is 2. The largest absolute Gasteiger partial charge is 0.489 e. The maximum atomic E-state index is 13.1. The summed E-state index contributed by atoms with van der Waals surface area (Å²) in [7, 11) is 0. The lowest BCUT2D eigenvalue weighted by molar-refractivity contribution is -0.130. The second-order valence-corrected chi connectivity index (χ2v) is 7.03. The number of fused-ring (bicyclic) bond motifs is 1. The van der Waals surface area contributed by atoms with Crippen LogP contribution in [0.5, 0.6) is 5.75 Å². The van der Waals surface area contributed by atoms with Crippen molar-refractivity contribution < 1.29 is 14.3 Å². The van der Waals surface area contributed by atoms with Gasteiger partial charge in [0, 0.05) is 26.1 Å². The number of rotatable bonds is 2. The van der Waals surface area contributed by atoms with Crippen LogP contribution in [0.25, 0.3) is 0 Å². The minimum atomic E-state index is -0.245. The predicted molar refractivity (Wildman–Crippen MR) is 90.2 cm³/mol. The van der Waals surface area contributed by atoms with Crippen molar-refractivity contribution in [3.63, 3.8) is 0 Å². The van der Waals surface area contributed by atoms with E-state index in [0.717, 1.165) is 35.7 Å². The van der Waals surface area contributed by atoms with Gasteiger partial charge in [-0.15, -0.1) is 0 Å². The average molecular weight is 329 g/mol. The third-order valence-corrected chi connectivity index (χ3v) is 5.23. The van der Waals surface area contributed by atoms with Crippen molar-refractivity contribution in [3.8, 4) is 5.75 Å². The number of hydrogen-bond donors (Lipinski definition) is 1. The van der Waals surface area contributed by atoms with E-state index in [4.69, 9.17) is 4.74 Å². The van der Waals surface area contributed by atoms with Gasteiger partial charge in [-0.3, -0.25) is 9.59 Å². The van der Waals surface area contributed by atoms with Crippen LogP contribution in [0.1, 0.15) is 17.5 Å². The van der Waals surface area contributed by atoms with E-state index < -0.39 is 0 Å². The third-order valence-electron chi connectivity index (χ3n) is 5.23. The molecule has 0 radical (unpaired) electrons. The molecule has 0 spiro atoms. The van der Waals surface area contributed by atoms with E-state index in [1.54, 1.807) is 0 Å². The number of anilines is 1. The molecule has 1 aromatic rings. The fourth-order valence-corrected chi connectivity index (χ4v) is 3.87.